The van der Waals surface area contributed by atoms with Crippen molar-refractivity contribution < 1.29 is 4.79 Å². The fraction of sp³-hybridized carbons (Fsp3) is 0.320. The molecule has 0 N–H and O–H groups in total. The van der Waals surface area contributed by atoms with Crippen LogP contribution in [0.3, 0.4) is 0 Å². The maximum atomic E-state index is 13.5. The first-order valence-electron chi connectivity index (χ1n) is 9.90. The maximum absolute atomic E-state index is 13.5. The fourth-order valence-electron chi connectivity index (χ4n) is 3.75. The second kappa shape index (κ2) is 8.80. The minimum atomic E-state index is 0.245. The van der Waals surface area contributed by atoms with Gasteiger partial charge in [-0.1, -0.05) is 87.4 Å². The van der Waals surface area contributed by atoms with Gasteiger partial charge in [0.05, 0.1) is 0 Å². The standard InChI is InChI=1S/C25H28O/c1-3-5-17-21-22(18-6-4-2)25(26)24(20-15-11-8-12-16-20)23(21)19-13-9-7-10-14-19/h7-16H,3-6,17-18H2,1-2H3. The summed E-state index contributed by atoms with van der Waals surface area (Å²) in [5, 5.41) is 0. The van der Waals surface area contributed by atoms with Crippen LogP contribution in [0.5, 0.6) is 0 Å². The van der Waals surface area contributed by atoms with Crippen LogP contribution >= 0.6 is 0 Å². The molecule has 1 aliphatic rings. The van der Waals surface area contributed by atoms with Crippen LogP contribution in [0.1, 0.15) is 63.5 Å². The Morgan fingerprint density at radius 1 is 0.615 bits per heavy atom. The normalized spacial score (nSPS) is 14.5. The Kier molecular flexibility index (Phi) is 6.22. The van der Waals surface area contributed by atoms with Gasteiger partial charge in [0.1, 0.15) is 0 Å². The molecular weight excluding hydrogens is 316 g/mol. The minimum Gasteiger partial charge on any atom is -0.289 e. The van der Waals surface area contributed by atoms with Gasteiger partial charge in [0, 0.05) is 11.1 Å². The summed E-state index contributed by atoms with van der Waals surface area (Å²) in [6.45, 7) is 4.41. The molecule has 2 aromatic rings. The van der Waals surface area contributed by atoms with Crippen LogP contribution in [0.2, 0.25) is 0 Å². The Hall–Kier alpha value is -2.41. The quantitative estimate of drug-likeness (QED) is 0.511. The van der Waals surface area contributed by atoms with Crippen molar-refractivity contribution in [2.75, 3.05) is 0 Å². The Balaban J connectivity index is 2.18. The maximum Gasteiger partial charge on any atom is 0.190 e. The van der Waals surface area contributed by atoms with E-state index in [-0.39, 0.29) is 5.78 Å². The van der Waals surface area contributed by atoms with Crippen LogP contribution < -0.4 is 0 Å². The number of unbranched alkanes of at least 4 members (excludes halogenated alkanes) is 2. The molecule has 0 saturated heterocycles. The molecule has 1 heteroatoms. The van der Waals surface area contributed by atoms with Crippen molar-refractivity contribution in [3.05, 3.63) is 82.9 Å². The fourth-order valence-corrected chi connectivity index (χ4v) is 3.75. The molecule has 0 aromatic heterocycles. The summed E-state index contributed by atoms with van der Waals surface area (Å²) in [5.74, 6) is 0.245. The summed E-state index contributed by atoms with van der Waals surface area (Å²) in [6.07, 6.45) is 6.32. The van der Waals surface area contributed by atoms with Gasteiger partial charge in [-0.15, -0.1) is 0 Å². The lowest BCUT2D eigenvalue weighted by Gasteiger charge is -2.12. The Labute approximate surface area is 157 Å². The van der Waals surface area contributed by atoms with E-state index < -0.39 is 0 Å². The largest absolute Gasteiger partial charge is 0.289 e. The third-order valence-corrected chi connectivity index (χ3v) is 5.10. The molecule has 0 saturated carbocycles. The molecule has 0 aliphatic heterocycles. The SMILES string of the molecule is CCCCC1=C(CCCC)C(c2ccccc2)=C(c2ccccc2)C1=O. The van der Waals surface area contributed by atoms with E-state index >= 15 is 0 Å². The first-order valence-corrected chi connectivity index (χ1v) is 9.90. The van der Waals surface area contributed by atoms with Gasteiger partial charge < -0.3 is 0 Å². The van der Waals surface area contributed by atoms with Gasteiger partial charge in [0.25, 0.3) is 0 Å². The van der Waals surface area contributed by atoms with E-state index in [1.807, 2.05) is 24.3 Å². The Morgan fingerprint density at radius 2 is 1.08 bits per heavy atom. The third-order valence-electron chi connectivity index (χ3n) is 5.10. The topological polar surface area (TPSA) is 17.1 Å². The molecule has 0 heterocycles. The number of carbonyl (C=O) groups is 1. The molecule has 1 aliphatic carbocycles. The molecular formula is C25H28O. The predicted molar refractivity (Wildman–Crippen MR) is 111 cm³/mol. The molecule has 3 rings (SSSR count). The van der Waals surface area contributed by atoms with E-state index in [1.165, 1.54) is 11.1 Å². The zero-order chi connectivity index (χ0) is 18.4. The van der Waals surface area contributed by atoms with Crippen LogP contribution in [0.15, 0.2) is 71.8 Å². The number of benzene rings is 2. The smallest absolute Gasteiger partial charge is 0.190 e. The van der Waals surface area contributed by atoms with E-state index in [2.05, 4.69) is 50.2 Å². The van der Waals surface area contributed by atoms with Crippen molar-refractivity contribution in [3.63, 3.8) is 0 Å². The van der Waals surface area contributed by atoms with E-state index in [9.17, 15) is 4.79 Å². The van der Waals surface area contributed by atoms with Crippen molar-refractivity contribution >= 4 is 16.9 Å². The molecule has 134 valence electrons. The van der Waals surface area contributed by atoms with E-state index in [4.69, 9.17) is 0 Å². The highest BCUT2D eigenvalue weighted by molar-refractivity contribution is 6.40. The molecule has 0 amide bonds. The van der Waals surface area contributed by atoms with Gasteiger partial charge in [-0.2, -0.15) is 0 Å². The van der Waals surface area contributed by atoms with E-state index in [1.54, 1.807) is 0 Å². The number of hydrogen-bond donors (Lipinski definition) is 0. The number of rotatable bonds is 8. The molecule has 0 unspecified atom stereocenters. The lowest BCUT2D eigenvalue weighted by atomic mass is 9.91. The summed E-state index contributed by atoms with van der Waals surface area (Å²) in [4.78, 5) is 13.5. The van der Waals surface area contributed by atoms with Gasteiger partial charge in [-0.25, -0.2) is 0 Å². The zero-order valence-corrected chi connectivity index (χ0v) is 15.9. The van der Waals surface area contributed by atoms with Crippen molar-refractivity contribution in [3.8, 4) is 0 Å². The van der Waals surface area contributed by atoms with E-state index in [0.29, 0.717) is 0 Å². The Bertz CT molecular complexity index is 810. The van der Waals surface area contributed by atoms with Gasteiger partial charge in [-0.05, 0) is 48.0 Å². The molecule has 2 aromatic carbocycles. The van der Waals surface area contributed by atoms with Crippen LogP contribution in [-0.2, 0) is 4.79 Å². The number of ketones is 1. The second-order valence-corrected chi connectivity index (χ2v) is 6.98. The highest BCUT2D eigenvalue weighted by Gasteiger charge is 2.32. The summed E-state index contributed by atoms with van der Waals surface area (Å²) < 4.78 is 0. The summed E-state index contributed by atoms with van der Waals surface area (Å²) in [7, 11) is 0. The third kappa shape index (κ3) is 3.72. The lowest BCUT2D eigenvalue weighted by molar-refractivity contribution is -0.110. The molecule has 26 heavy (non-hydrogen) atoms. The highest BCUT2D eigenvalue weighted by Crippen LogP contribution is 2.44. The first kappa shape index (κ1) is 18.4. The minimum absolute atomic E-state index is 0.245. The molecule has 0 atom stereocenters. The highest BCUT2D eigenvalue weighted by atomic mass is 16.1. The summed E-state index contributed by atoms with van der Waals surface area (Å²) >= 11 is 0. The number of hydrogen-bond acceptors (Lipinski definition) is 1. The van der Waals surface area contributed by atoms with Gasteiger partial charge in [-0.3, -0.25) is 4.79 Å². The lowest BCUT2D eigenvalue weighted by Crippen LogP contribution is -2.02. The molecule has 0 fully saturated rings. The van der Waals surface area contributed by atoms with Gasteiger partial charge in [0.2, 0.25) is 0 Å². The van der Waals surface area contributed by atoms with Gasteiger partial charge >= 0.3 is 0 Å². The monoisotopic (exact) mass is 344 g/mol. The molecule has 0 radical (unpaired) electrons. The van der Waals surface area contributed by atoms with Crippen LogP contribution in [0, 0.1) is 0 Å². The van der Waals surface area contributed by atoms with Crippen LogP contribution in [0.25, 0.3) is 11.1 Å². The average Bonchev–Trinajstić information content (AvgIpc) is 2.97. The van der Waals surface area contributed by atoms with Gasteiger partial charge in [0.15, 0.2) is 5.78 Å². The first-order chi connectivity index (χ1) is 12.8. The predicted octanol–water partition coefficient (Wildman–Crippen LogP) is 6.86. The average molecular weight is 344 g/mol. The zero-order valence-electron chi connectivity index (χ0n) is 15.9. The van der Waals surface area contributed by atoms with Crippen molar-refractivity contribution in [2.24, 2.45) is 0 Å². The number of Topliss-reactive ketones (excluding diaryl/α,β-unsaturated/α-hetero) is 1. The number of carbonyl (C=O) groups excluding carboxylic acids is 1. The second-order valence-electron chi connectivity index (χ2n) is 6.98. The van der Waals surface area contributed by atoms with E-state index in [0.717, 1.165) is 60.8 Å². The van der Waals surface area contributed by atoms with Crippen LogP contribution in [-0.4, -0.2) is 5.78 Å². The Morgan fingerprint density at radius 3 is 1.58 bits per heavy atom. The number of allylic oxidation sites excluding steroid dienone is 4. The van der Waals surface area contributed by atoms with Crippen molar-refractivity contribution in [1.82, 2.24) is 0 Å². The van der Waals surface area contributed by atoms with Crippen LogP contribution in [0.4, 0.5) is 0 Å². The van der Waals surface area contributed by atoms with Crippen molar-refractivity contribution in [2.45, 2.75) is 52.4 Å². The van der Waals surface area contributed by atoms with Crippen molar-refractivity contribution in [1.29, 1.82) is 0 Å². The molecule has 0 spiro atoms. The molecule has 0 bridgehead atoms. The molecule has 1 nitrogen and oxygen atoms in total. The summed E-state index contributed by atoms with van der Waals surface area (Å²) in [5.41, 5.74) is 6.61. The summed E-state index contributed by atoms with van der Waals surface area (Å²) in [6, 6.07) is 20.6.